The van der Waals surface area contributed by atoms with E-state index in [1.807, 2.05) is 0 Å². The van der Waals surface area contributed by atoms with Crippen molar-refractivity contribution in [3.8, 4) is 0 Å². The van der Waals surface area contributed by atoms with Gasteiger partial charge in [-0.15, -0.1) is 0 Å². The molecule has 1 aliphatic heterocycles. The third kappa shape index (κ3) is 4.79. The number of halogens is 2. The molecule has 0 aliphatic carbocycles. The first kappa shape index (κ1) is 21.9. The van der Waals surface area contributed by atoms with Gasteiger partial charge in [0, 0.05) is 23.8 Å². The van der Waals surface area contributed by atoms with E-state index in [9.17, 15) is 14.4 Å². The number of nitrogens with zero attached hydrogens (tertiary/aromatic N) is 1. The molecule has 0 spiro atoms. The normalized spacial score (nSPS) is 15.6. The SMILES string of the molecule is O=C(Nc1ccc(CNC(=O)C2CCN(c3cc(Cl)ccc3Cl)C2=O)cc1)c1ccco1. The Morgan fingerprint density at radius 3 is 2.59 bits per heavy atom. The summed E-state index contributed by atoms with van der Waals surface area (Å²) in [5.41, 5.74) is 1.93. The number of rotatable bonds is 6. The Morgan fingerprint density at radius 1 is 1.09 bits per heavy atom. The molecular formula is C23H19Cl2N3O4. The summed E-state index contributed by atoms with van der Waals surface area (Å²) < 4.78 is 5.06. The zero-order valence-electron chi connectivity index (χ0n) is 16.8. The molecule has 3 aromatic rings. The predicted molar refractivity (Wildman–Crippen MR) is 122 cm³/mol. The number of anilines is 2. The Balaban J connectivity index is 1.32. The maximum absolute atomic E-state index is 12.8. The molecule has 0 saturated carbocycles. The van der Waals surface area contributed by atoms with Gasteiger partial charge in [-0.1, -0.05) is 35.3 Å². The summed E-state index contributed by atoms with van der Waals surface area (Å²) in [5, 5.41) is 6.40. The van der Waals surface area contributed by atoms with Crippen LogP contribution in [-0.4, -0.2) is 24.3 Å². The zero-order valence-corrected chi connectivity index (χ0v) is 18.3. The van der Waals surface area contributed by atoms with Crippen molar-refractivity contribution in [3.05, 3.63) is 82.2 Å². The number of carbonyl (C=O) groups excluding carboxylic acids is 3. The van der Waals surface area contributed by atoms with Gasteiger partial charge in [-0.05, 0) is 54.4 Å². The van der Waals surface area contributed by atoms with E-state index in [4.69, 9.17) is 27.6 Å². The van der Waals surface area contributed by atoms with E-state index < -0.39 is 5.92 Å². The van der Waals surface area contributed by atoms with Gasteiger partial charge < -0.3 is 20.0 Å². The molecule has 1 atom stereocenters. The van der Waals surface area contributed by atoms with E-state index in [1.165, 1.54) is 11.2 Å². The van der Waals surface area contributed by atoms with Crippen LogP contribution >= 0.6 is 23.2 Å². The minimum Gasteiger partial charge on any atom is -0.459 e. The van der Waals surface area contributed by atoms with E-state index in [-0.39, 0.29) is 30.0 Å². The van der Waals surface area contributed by atoms with Gasteiger partial charge in [0.1, 0.15) is 5.92 Å². The minimum atomic E-state index is -0.781. The molecule has 1 aliphatic rings. The van der Waals surface area contributed by atoms with Gasteiger partial charge in [0.05, 0.1) is 17.0 Å². The monoisotopic (exact) mass is 471 g/mol. The Labute approximate surface area is 194 Å². The average Bonchev–Trinajstić information content (AvgIpc) is 3.45. The first-order valence-electron chi connectivity index (χ1n) is 9.90. The van der Waals surface area contributed by atoms with Crippen LogP contribution in [0.25, 0.3) is 0 Å². The number of furan rings is 1. The van der Waals surface area contributed by atoms with Crippen molar-refractivity contribution < 1.29 is 18.8 Å². The van der Waals surface area contributed by atoms with E-state index in [1.54, 1.807) is 54.6 Å². The highest BCUT2D eigenvalue weighted by molar-refractivity contribution is 6.36. The lowest BCUT2D eigenvalue weighted by atomic mass is 10.1. The molecule has 9 heteroatoms. The summed E-state index contributed by atoms with van der Waals surface area (Å²) in [7, 11) is 0. The molecule has 1 unspecified atom stereocenters. The van der Waals surface area contributed by atoms with Gasteiger partial charge in [-0.3, -0.25) is 14.4 Å². The second-order valence-electron chi connectivity index (χ2n) is 7.27. The fraction of sp³-hybridized carbons (Fsp3) is 0.174. The molecule has 4 rings (SSSR count). The highest BCUT2D eigenvalue weighted by Crippen LogP contribution is 2.33. The van der Waals surface area contributed by atoms with E-state index in [0.29, 0.717) is 34.4 Å². The third-order valence-electron chi connectivity index (χ3n) is 5.14. The maximum Gasteiger partial charge on any atom is 0.291 e. The van der Waals surface area contributed by atoms with Crippen LogP contribution in [0.3, 0.4) is 0 Å². The van der Waals surface area contributed by atoms with Crippen LogP contribution in [-0.2, 0) is 16.1 Å². The Bertz CT molecular complexity index is 1150. The summed E-state index contributed by atoms with van der Waals surface area (Å²) in [6.45, 7) is 0.647. The predicted octanol–water partition coefficient (Wildman–Crippen LogP) is 4.51. The number of carbonyl (C=O) groups is 3. The topological polar surface area (TPSA) is 91.7 Å². The molecule has 2 aromatic carbocycles. The Hall–Kier alpha value is -3.29. The number of nitrogens with one attached hydrogen (secondary N) is 2. The van der Waals surface area contributed by atoms with E-state index in [0.717, 1.165) is 5.56 Å². The second-order valence-corrected chi connectivity index (χ2v) is 8.12. The first-order chi connectivity index (χ1) is 15.4. The lowest BCUT2D eigenvalue weighted by molar-refractivity contribution is -0.132. The van der Waals surface area contributed by atoms with Crippen LogP contribution in [0.15, 0.2) is 65.3 Å². The second kappa shape index (κ2) is 9.46. The van der Waals surface area contributed by atoms with Crippen LogP contribution in [0.4, 0.5) is 11.4 Å². The average molecular weight is 472 g/mol. The number of amides is 3. The molecule has 0 radical (unpaired) electrons. The number of benzene rings is 2. The van der Waals surface area contributed by atoms with Gasteiger partial charge in [0.15, 0.2) is 5.76 Å². The zero-order chi connectivity index (χ0) is 22.7. The van der Waals surface area contributed by atoms with Crippen molar-refractivity contribution in [3.63, 3.8) is 0 Å². The van der Waals surface area contributed by atoms with Crippen LogP contribution in [0, 0.1) is 5.92 Å². The maximum atomic E-state index is 12.8. The molecule has 2 N–H and O–H groups in total. The van der Waals surface area contributed by atoms with Crippen molar-refractivity contribution in [1.29, 1.82) is 0 Å². The summed E-state index contributed by atoms with van der Waals surface area (Å²) >= 11 is 12.2. The molecular weight excluding hydrogens is 453 g/mol. The summed E-state index contributed by atoms with van der Waals surface area (Å²) in [6.07, 6.45) is 1.82. The molecule has 164 valence electrons. The van der Waals surface area contributed by atoms with Gasteiger partial charge in [0.2, 0.25) is 11.8 Å². The minimum absolute atomic E-state index is 0.218. The van der Waals surface area contributed by atoms with Crippen molar-refractivity contribution in [2.75, 3.05) is 16.8 Å². The fourth-order valence-corrected chi connectivity index (χ4v) is 3.86. The van der Waals surface area contributed by atoms with E-state index >= 15 is 0 Å². The van der Waals surface area contributed by atoms with Crippen molar-refractivity contribution in [2.24, 2.45) is 5.92 Å². The Morgan fingerprint density at radius 2 is 1.88 bits per heavy atom. The van der Waals surface area contributed by atoms with Gasteiger partial charge in [0.25, 0.3) is 5.91 Å². The van der Waals surface area contributed by atoms with Crippen LogP contribution < -0.4 is 15.5 Å². The fourth-order valence-electron chi connectivity index (χ4n) is 3.47. The molecule has 1 fully saturated rings. The molecule has 3 amide bonds. The van der Waals surface area contributed by atoms with Crippen molar-refractivity contribution in [2.45, 2.75) is 13.0 Å². The smallest absolute Gasteiger partial charge is 0.291 e. The van der Waals surface area contributed by atoms with Gasteiger partial charge >= 0.3 is 0 Å². The molecule has 1 aromatic heterocycles. The number of hydrogen-bond donors (Lipinski definition) is 2. The van der Waals surface area contributed by atoms with Gasteiger partial charge in [-0.25, -0.2) is 0 Å². The molecule has 1 saturated heterocycles. The van der Waals surface area contributed by atoms with Crippen molar-refractivity contribution >= 4 is 52.3 Å². The standard InChI is InChI=1S/C23H19Cl2N3O4/c24-15-5-8-18(25)19(12-15)28-10-9-17(23(28)31)21(29)26-13-14-3-6-16(7-4-14)27-22(30)20-2-1-11-32-20/h1-8,11-12,17H,9-10,13H2,(H,26,29)(H,27,30). The number of hydrogen-bond acceptors (Lipinski definition) is 4. The highest BCUT2D eigenvalue weighted by Gasteiger charge is 2.38. The van der Waals surface area contributed by atoms with E-state index in [2.05, 4.69) is 10.6 Å². The van der Waals surface area contributed by atoms with Crippen LogP contribution in [0.5, 0.6) is 0 Å². The largest absolute Gasteiger partial charge is 0.459 e. The van der Waals surface area contributed by atoms with Crippen LogP contribution in [0.2, 0.25) is 10.0 Å². The van der Waals surface area contributed by atoms with Crippen molar-refractivity contribution in [1.82, 2.24) is 5.32 Å². The quantitative estimate of drug-likeness (QED) is 0.517. The van der Waals surface area contributed by atoms with Gasteiger partial charge in [-0.2, -0.15) is 0 Å². The summed E-state index contributed by atoms with van der Waals surface area (Å²) in [4.78, 5) is 38.9. The lowest BCUT2D eigenvalue weighted by Crippen LogP contribution is -2.36. The molecule has 0 bridgehead atoms. The molecule has 32 heavy (non-hydrogen) atoms. The summed E-state index contributed by atoms with van der Waals surface area (Å²) in [6, 6.07) is 15.1. The molecule has 2 heterocycles. The highest BCUT2D eigenvalue weighted by atomic mass is 35.5. The first-order valence-corrected chi connectivity index (χ1v) is 10.7. The van der Waals surface area contributed by atoms with Crippen LogP contribution in [0.1, 0.15) is 22.5 Å². The lowest BCUT2D eigenvalue weighted by Gasteiger charge is -2.18. The third-order valence-corrected chi connectivity index (χ3v) is 5.70. The Kier molecular flexibility index (Phi) is 6.48. The summed E-state index contributed by atoms with van der Waals surface area (Å²) in [5.74, 6) is -1.55. The molecule has 7 nitrogen and oxygen atoms in total.